The first-order chi connectivity index (χ1) is 9.50. The number of benzene rings is 1. The van der Waals surface area contributed by atoms with Crippen LogP contribution in [0.15, 0.2) is 36.1 Å². The van der Waals surface area contributed by atoms with Crippen LogP contribution in [0, 0.1) is 0 Å². The molecule has 20 heavy (non-hydrogen) atoms. The lowest BCUT2D eigenvalue weighted by atomic mass is 9.95. The van der Waals surface area contributed by atoms with Gasteiger partial charge in [-0.2, -0.15) is 13.2 Å². The normalized spacial score (nSPS) is 17.3. The lowest BCUT2D eigenvalue weighted by Crippen LogP contribution is -2.31. The summed E-state index contributed by atoms with van der Waals surface area (Å²) in [5, 5.41) is 3.19. The maximum absolute atomic E-state index is 12.5. The van der Waals surface area contributed by atoms with Crippen molar-refractivity contribution in [2.24, 2.45) is 0 Å². The van der Waals surface area contributed by atoms with Crippen LogP contribution in [0.25, 0.3) is 0 Å². The molecule has 0 saturated heterocycles. The first-order valence-electron chi connectivity index (χ1n) is 6.64. The fraction of sp³-hybridized carbons (Fsp3) is 0.467. The second-order valence-corrected chi connectivity index (χ2v) is 4.91. The van der Waals surface area contributed by atoms with Gasteiger partial charge in [-0.1, -0.05) is 12.1 Å². The third kappa shape index (κ3) is 3.76. The first-order valence-corrected chi connectivity index (χ1v) is 6.64. The molecule has 2 nitrogen and oxygen atoms in total. The number of rotatable bonds is 4. The van der Waals surface area contributed by atoms with Crippen LogP contribution in [0.4, 0.5) is 13.2 Å². The Morgan fingerprint density at radius 3 is 2.45 bits per heavy atom. The van der Waals surface area contributed by atoms with Crippen molar-refractivity contribution < 1.29 is 17.9 Å². The largest absolute Gasteiger partial charge is 0.501 e. The highest BCUT2D eigenvalue weighted by molar-refractivity contribution is 5.27. The Morgan fingerprint density at radius 2 is 1.95 bits per heavy atom. The number of alkyl halides is 3. The second-order valence-electron chi connectivity index (χ2n) is 4.91. The molecule has 0 spiro atoms. The maximum atomic E-state index is 12.5. The van der Waals surface area contributed by atoms with Crippen molar-refractivity contribution in [2.45, 2.75) is 31.5 Å². The SMILES string of the molecule is CNC(Cc1ccc(C(F)(F)F)cc1)C1=COCCC1. The van der Waals surface area contributed by atoms with E-state index in [0.717, 1.165) is 37.1 Å². The molecule has 1 N–H and O–H groups in total. The lowest BCUT2D eigenvalue weighted by molar-refractivity contribution is -0.137. The molecule has 1 atom stereocenters. The molecule has 0 fully saturated rings. The van der Waals surface area contributed by atoms with E-state index in [-0.39, 0.29) is 6.04 Å². The average molecular weight is 285 g/mol. The van der Waals surface area contributed by atoms with Crippen LogP contribution in [0.5, 0.6) is 0 Å². The highest BCUT2D eigenvalue weighted by Crippen LogP contribution is 2.29. The summed E-state index contributed by atoms with van der Waals surface area (Å²) in [6, 6.07) is 5.45. The van der Waals surface area contributed by atoms with Crippen molar-refractivity contribution in [3.63, 3.8) is 0 Å². The molecular formula is C15H18F3NO. The molecule has 110 valence electrons. The van der Waals surface area contributed by atoms with E-state index in [4.69, 9.17) is 4.74 Å². The lowest BCUT2D eigenvalue weighted by Gasteiger charge is -2.23. The summed E-state index contributed by atoms with van der Waals surface area (Å²) in [6.07, 6.45) is 0.0996. The van der Waals surface area contributed by atoms with Crippen LogP contribution < -0.4 is 5.32 Å². The number of halogens is 3. The molecule has 1 heterocycles. The first kappa shape index (κ1) is 14.9. The average Bonchev–Trinajstić information content (AvgIpc) is 2.45. The Bertz CT molecular complexity index is 465. The second kappa shape index (κ2) is 6.31. The fourth-order valence-electron chi connectivity index (χ4n) is 2.32. The van der Waals surface area contributed by atoms with Crippen molar-refractivity contribution in [3.05, 3.63) is 47.2 Å². The van der Waals surface area contributed by atoms with E-state index in [1.807, 2.05) is 7.05 Å². The molecule has 1 aromatic carbocycles. The van der Waals surface area contributed by atoms with E-state index >= 15 is 0 Å². The van der Waals surface area contributed by atoms with Crippen molar-refractivity contribution in [1.29, 1.82) is 0 Å². The van der Waals surface area contributed by atoms with Crippen LogP contribution in [0.1, 0.15) is 24.0 Å². The summed E-state index contributed by atoms with van der Waals surface area (Å²) >= 11 is 0. The zero-order valence-corrected chi connectivity index (χ0v) is 11.3. The fourth-order valence-corrected chi connectivity index (χ4v) is 2.32. The zero-order valence-electron chi connectivity index (χ0n) is 11.3. The van der Waals surface area contributed by atoms with E-state index in [2.05, 4.69) is 5.32 Å². The van der Waals surface area contributed by atoms with Gasteiger partial charge in [-0.05, 0) is 49.6 Å². The van der Waals surface area contributed by atoms with Gasteiger partial charge in [0.25, 0.3) is 0 Å². The van der Waals surface area contributed by atoms with Gasteiger partial charge in [0.15, 0.2) is 0 Å². The molecule has 0 radical (unpaired) electrons. The summed E-state index contributed by atoms with van der Waals surface area (Å²) in [7, 11) is 1.85. The third-order valence-electron chi connectivity index (χ3n) is 3.48. The van der Waals surface area contributed by atoms with Crippen molar-refractivity contribution in [1.82, 2.24) is 5.32 Å². The molecule has 1 aliphatic heterocycles. The molecule has 0 aromatic heterocycles. The monoisotopic (exact) mass is 285 g/mol. The van der Waals surface area contributed by atoms with Crippen molar-refractivity contribution in [2.75, 3.05) is 13.7 Å². The van der Waals surface area contributed by atoms with Gasteiger partial charge in [-0.25, -0.2) is 0 Å². The van der Waals surface area contributed by atoms with Gasteiger partial charge in [0, 0.05) is 6.04 Å². The molecule has 0 saturated carbocycles. The third-order valence-corrected chi connectivity index (χ3v) is 3.48. The van der Waals surface area contributed by atoms with E-state index in [1.54, 1.807) is 6.26 Å². The molecule has 1 aromatic rings. The highest BCUT2D eigenvalue weighted by atomic mass is 19.4. The smallest absolute Gasteiger partial charge is 0.416 e. The van der Waals surface area contributed by atoms with Gasteiger partial charge in [-0.15, -0.1) is 0 Å². The van der Waals surface area contributed by atoms with E-state index in [9.17, 15) is 13.2 Å². The minimum atomic E-state index is -4.28. The van der Waals surface area contributed by atoms with Crippen molar-refractivity contribution in [3.8, 4) is 0 Å². The Kier molecular flexibility index (Phi) is 4.70. The Balaban J connectivity index is 2.06. The summed E-state index contributed by atoms with van der Waals surface area (Å²) < 4.78 is 42.8. The van der Waals surface area contributed by atoms with Crippen LogP contribution in [-0.2, 0) is 17.3 Å². The number of ether oxygens (including phenoxy) is 1. The van der Waals surface area contributed by atoms with Gasteiger partial charge in [0.2, 0.25) is 0 Å². The van der Waals surface area contributed by atoms with Crippen LogP contribution in [-0.4, -0.2) is 19.7 Å². The molecule has 0 aliphatic carbocycles. The predicted octanol–water partition coefficient (Wildman–Crippen LogP) is 3.53. The Morgan fingerprint density at radius 1 is 1.25 bits per heavy atom. The topological polar surface area (TPSA) is 21.3 Å². The number of nitrogens with one attached hydrogen (secondary N) is 1. The van der Waals surface area contributed by atoms with Gasteiger partial charge >= 0.3 is 6.18 Å². The summed E-state index contributed by atoms with van der Waals surface area (Å²) in [5.74, 6) is 0. The van der Waals surface area contributed by atoms with E-state index in [0.29, 0.717) is 6.42 Å². The van der Waals surface area contributed by atoms with Crippen LogP contribution in [0.3, 0.4) is 0 Å². The Hall–Kier alpha value is -1.49. The predicted molar refractivity (Wildman–Crippen MR) is 71.3 cm³/mol. The summed E-state index contributed by atoms with van der Waals surface area (Å²) in [5.41, 5.74) is 1.44. The number of hydrogen-bond acceptors (Lipinski definition) is 2. The molecule has 0 bridgehead atoms. The molecule has 0 amide bonds. The van der Waals surface area contributed by atoms with E-state index < -0.39 is 11.7 Å². The van der Waals surface area contributed by atoms with Gasteiger partial charge in [0.05, 0.1) is 18.4 Å². The standard InChI is InChI=1S/C15H18F3NO/c1-19-14(12-3-2-8-20-10-12)9-11-4-6-13(7-5-11)15(16,17)18/h4-7,10,14,19H,2-3,8-9H2,1H3. The van der Waals surface area contributed by atoms with Gasteiger partial charge in [0.1, 0.15) is 0 Å². The van der Waals surface area contributed by atoms with Gasteiger partial charge in [-0.3, -0.25) is 0 Å². The minimum absolute atomic E-state index is 0.104. The zero-order chi connectivity index (χ0) is 14.6. The highest BCUT2D eigenvalue weighted by Gasteiger charge is 2.30. The molecule has 1 unspecified atom stereocenters. The minimum Gasteiger partial charge on any atom is -0.501 e. The molecule has 1 aliphatic rings. The Labute approximate surface area is 116 Å². The molecule has 5 heteroatoms. The summed E-state index contributed by atoms with van der Waals surface area (Å²) in [6.45, 7) is 0.736. The summed E-state index contributed by atoms with van der Waals surface area (Å²) in [4.78, 5) is 0. The number of likely N-dealkylation sites (N-methyl/N-ethyl adjacent to an activating group) is 1. The van der Waals surface area contributed by atoms with Crippen LogP contribution in [0.2, 0.25) is 0 Å². The van der Waals surface area contributed by atoms with E-state index in [1.165, 1.54) is 17.7 Å². The van der Waals surface area contributed by atoms with Crippen molar-refractivity contribution >= 4 is 0 Å². The quantitative estimate of drug-likeness (QED) is 0.913. The maximum Gasteiger partial charge on any atom is 0.416 e. The number of hydrogen-bond donors (Lipinski definition) is 1. The molecule has 2 rings (SSSR count). The molecular weight excluding hydrogens is 267 g/mol. The van der Waals surface area contributed by atoms with Gasteiger partial charge < -0.3 is 10.1 Å². The van der Waals surface area contributed by atoms with Crippen LogP contribution >= 0.6 is 0 Å².